The van der Waals surface area contributed by atoms with E-state index in [-0.39, 0.29) is 11.0 Å². The minimum atomic E-state index is -0.432. The third-order valence-electron chi connectivity index (χ3n) is 3.47. The molecule has 0 aliphatic heterocycles. The second-order valence-electron chi connectivity index (χ2n) is 5.29. The number of methoxy groups -OCH3 is 1. The molecule has 7 heteroatoms. The molecule has 2 aromatic rings. The van der Waals surface area contributed by atoms with Gasteiger partial charge in [0.15, 0.2) is 5.11 Å². The fourth-order valence-corrected chi connectivity index (χ4v) is 2.31. The Morgan fingerprint density at radius 1 is 1.04 bits per heavy atom. The third kappa shape index (κ3) is 5.42. The van der Waals surface area contributed by atoms with Crippen molar-refractivity contribution in [2.75, 3.05) is 7.11 Å². The van der Waals surface area contributed by atoms with E-state index in [4.69, 9.17) is 17.0 Å². The van der Waals surface area contributed by atoms with Crippen LogP contribution in [0.5, 0.6) is 5.75 Å². The number of aryl methyl sites for hydroxylation is 1. The van der Waals surface area contributed by atoms with Gasteiger partial charge in [0, 0.05) is 17.2 Å². The molecule has 134 valence electrons. The van der Waals surface area contributed by atoms with E-state index in [1.165, 1.54) is 6.08 Å². The van der Waals surface area contributed by atoms with Gasteiger partial charge in [-0.25, -0.2) is 0 Å². The lowest BCUT2D eigenvalue weighted by Gasteiger charge is -2.11. The van der Waals surface area contributed by atoms with Gasteiger partial charge in [-0.15, -0.1) is 0 Å². The van der Waals surface area contributed by atoms with E-state index in [0.29, 0.717) is 11.3 Å². The van der Waals surface area contributed by atoms with E-state index in [9.17, 15) is 9.59 Å². The lowest BCUT2D eigenvalue weighted by molar-refractivity contribution is -0.115. The SMILES string of the molecule is COc1ccccc1C=CC(=O)NC(=S)NNC(=O)c1ccccc1C. The van der Waals surface area contributed by atoms with Crippen molar-refractivity contribution in [3.05, 3.63) is 71.3 Å². The molecule has 0 heterocycles. The minimum absolute atomic E-state index is 0.0124. The molecule has 3 N–H and O–H groups in total. The Bertz CT molecular complexity index is 849. The second kappa shape index (κ2) is 9.33. The van der Waals surface area contributed by atoms with Gasteiger partial charge in [-0.05, 0) is 42.9 Å². The molecule has 0 saturated heterocycles. The quantitative estimate of drug-likeness (QED) is 0.438. The number of carbonyl (C=O) groups excluding carboxylic acids is 2. The molecule has 2 rings (SSSR count). The highest BCUT2D eigenvalue weighted by Gasteiger charge is 2.08. The number of nitrogens with one attached hydrogen (secondary N) is 3. The Hall–Kier alpha value is -3.19. The molecule has 0 spiro atoms. The predicted octanol–water partition coefficient (Wildman–Crippen LogP) is 2.35. The number of amides is 2. The van der Waals surface area contributed by atoms with E-state index in [1.54, 1.807) is 31.4 Å². The molecule has 0 radical (unpaired) electrons. The van der Waals surface area contributed by atoms with Gasteiger partial charge in [0.05, 0.1) is 7.11 Å². The van der Waals surface area contributed by atoms with Crippen LogP contribution in [0.2, 0.25) is 0 Å². The maximum absolute atomic E-state index is 12.1. The minimum Gasteiger partial charge on any atom is -0.496 e. The summed E-state index contributed by atoms with van der Waals surface area (Å²) >= 11 is 4.99. The zero-order valence-corrected chi connectivity index (χ0v) is 15.2. The van der Waals surface area contributed by atoms with Crippen LogP contribution in [0.15, 0.2) is 54.6 Å². The number of para-hydroxylation sites is 1. The fraction of sp³-hybridized carbons (Fsp3) is 0.105. The van der Waals surface area contributed by atoms with Crippen LogP contribution in [-0.2, 0) is 4.79 Å². The summed E-state index contributed by atoms with van der Waals surface area (Å²) in [6.45, 7) is 1.83. The maximum Gasteiger partial charge on any atom is 0.269 e. The summed E-state index contributed by atoms with van der Waals surface area (Å²) in [4.78, 5) is 24.0. The summed E-state index contributed by atoms with van der Waals surface area (Å²) < 4.78 is 5.21. The first-order valence-electron chi connectivity index (χ1n) is 7.79. The molecule has 0 atom stereocenters. The summed E-state index contributed by atoms with van der Waals surface area (Å²) in [5.74, 6) is -0.120. The molecule has 0 aliphatic rings. The van der Waals surface area contributed by atoms with Crippen molar-refractivity contribution < 1.29 is 14.3 Å². The lowest BCUT2D eigenvalue weighted by atomic mass is 10.1. The van der Waals surface area contributed by atoms with Crippen molar-refractivity contribution in [1.82, 2.24) is 16.2 Å². The summed E-state index contributed by atoms with van der Waals surface area (Å²) in [6.07, 6.45) is 2.94. The largest absolute Gasteiger partial charge is 0.496 e. The number of hydrazine groups is 1. The smallest absolute Gasteiger partial charge is 0.269 e. The van der Waals surface area contributed by atoms with Crippen LogP contribution < -0.4 is 20.9 Å². The Labute approximate surface area is 157 Å². The summed E-state index contributed by atoms with van der Waals surface area (Å²) in [5, 5.41) is 2.44. The Morgan fingerprint density at radius 3 is 2.46 bits per heavy atom. The van der Waals surface area contributed by atoms with Crippen LogP contribution in [0, 0.1) is 6.92 Å². The van der Waals surface area contributed by atoms with Crippen molar-refractivity contribution in [3.8, 4) is 5.75 Å². The standard InChI is InChI=1S/C19H19N3O3S/c1-13-7-3-5-9-15(13)18(24)21-22-19(26)20-17(23)12-11-14-8-4-6-10-16(14)25-2/h3-12H,1-2H3,(H,21,24)(H2,20,22,23,26). The average molecular weight is 369 g/mol. The van der Waals surface area contributed by atoms with Gasteiger partial charge >= 0.3 is 0 Å². The molecule has 0 aromatic heterocycles. The number of thiocarbonyl (C=S) groups is 1. The van der Waals surface area contributed by atoms with Crippen LogP contribution in [0.1, 0.15) is 21.5 Å². The topological polar surface area (TPSA) is 79.5 Å². The van der Waals surface area contributed by atoms with E-state index in [1.807, 2.05) is 37.3 Å². The zero-order valence-electron chi connectivity index (χ0n) is 14.4. The van der Waals surface area contributed by atoms with Crippen molar-refractivity contribution >= 4 is 35.2 Å². The molecule has 6 nitrogen and oxygen atoms in total. The second-order valence-corrected chi connectivity index (χ2v) is 5.70. The predicted molar refractivity (Wildman–Crippen MR) is 105 cm³/mol. The molecule has 0 unspecified atom stereocenters. The van der Waals surface area contributed by atoms with Crippen LogP contribution in [-0.4, -0.2) is 24.0 Å². The third-order valence-corrected chi connectivity index (χ3v) is 3.67. The number of ether oxygens (including phenoxy) is 1. The van der Waals surface area contributed by atoms with Gasteiger partial charge < -0.3 is 4.74 Å². The monoisotopic (exact) mass is 369 g/mol. The van der Waals surface area contributed by atoms with E-state index < -0.39 is 5.91 Å². The highest BCUT2D eigenvalue weighted by molar-refractivity contribution is 7.80. The van der Waals surface area contributed by atoms with Crippen molar-refractivity contribution in [1.29, 1.82) is 0 Å². The van der Waals surface area contributed by atoms with Crippen LogP contribution in [0.3, 0.4) is 0 Å². The van der Waals surface area contributed by atoms with E-state index in [2.05, 4.69) is 16.2 Å². The molecule has 26 heavy (non-hydrogen) atoms. The van der Waals surface area contributed by atoms with Gasteiger partial charge in [-0.1, -0.05) is 36.4 Å². The van der Waals surface area contributed by atoms with Gasteiger partial charge in [0.2, 0.25) is 5.91 Å². The molecule has 0 bridgehead atoms. The summed E-state index contributed by atoms with van der Waals surface area (Å²) in [5.41, 5.74) is 7.06. The van der Waals surface area contributed by atoms with Crippen LogP contribution in [0.4, 0.5) is 0 Å². The molecule has 2 amide bonds. The molecular formula is C19H19N3O3S. The van der Waals surface area contributed by atoms with Crippen molar-refractivity contribution in [2.45, 2.75) is 6.92 Å². The number of benzene rings is 2. The normalized spacial score (nSPS) is 10.2. The molecule has 0 saturated carbocycles. The Kier molecular flexibility index (Phi) is 6.87. The molecular weight excluding hydrogens is 350 g/mol. The van der Waals surface area contributed by atoms with Gasteiger partial charge in [0.25, 0.3) is 5.91 Å². The first kappa shape index (κ1) is 19.1. The van der Waals surface area contributed by atoms with Gasteiger partial charge in [0.1, 0.15) is 5.75 Å². The highest BCUT2D eigenvalue weighted by Crippen LogP contribution is 2.18. The maximum atomic E-state index is 12.1. The lowest BCUT2D eigenvalue weighted by Crippen LogP contribution is -2.48. The molecule has 2 aromatic carbocycles. The average Bonchev–Trinajstić information content (AvgIpc) is 2.65. The first-order chi connectivity index (χ1) is 12.5. The van der Waals surface area contributed by atoms with Crippen molar-refractivity contribution in [2.24, 2.45) is 0 Å². The van der Waals surface area contributed by atoms with Crippen LogP contribution >= 0.6 is 12.2 Å². The molecule has 0 aliphatic carbocycles. The van der Waals surface area contributed by atoms with Crippen LogP contribution in [0.25, 0.3) is 6.08 Å². The number of carbonyl (C=O) groups is 2. The van der Waals surface area contributed by atoms with E-state index >= 15 is 0 Å². The highest BCUT2D eigenvalue weighted by atomic mass is 32.1. The van der Waals surface area contributed by atoms with Crippen molar-refractivity contribution in [3.63, 3.8) is 0 Å². The Morgan fingerprint density at radius 2 is 1.73 bits per heavy atom. The van der Waals surface area contributed by atoms with Gasteiger partial charge in [-0.2, -0.15) is 0 Å². The first-order valence-corrected chi connectivity index (χ1v) is 8.20. The number of hydrogen-bond acceptors (Lipinski definition) is 4. The number of rotatable bonds is 4. The Balaban J connectivity index is 1.85. The number of hydrogen-bond donors (Lipinski definition) is 3. The molecule has 0 fully saturated rings. The summed E-state index contributed by atoms with van der Waals surface area (Å²) in [6, 6.07) is 14.4. The fourth-order valence-electron chi connectivity index (χ4n) is 2.16. The van der Waals surface area contributed by atoms with Gasteiger partial charge in [-0.3, -0.25) is 25.8 Å². The van der Waals surface area contributed by atoms with E-state index in [0.717, 1.165) is 11.1 Å². The zero-order chi connectivity index (χ0) is 18.9. The summed E-state index contributed by atoms with van der Waals surface area (Å²) in [7, 11) is 1.56.